The maximum absolute atomic E-state index is 11.8. The Hall–Kier alpha value is -2.10. The third-order valence-electron chi connectivity index (χ3n) is 2.96. The van der Waals surface area contributed by atoms with Crippen molar-refractivity contribution in [1.82, 2.24) is 9.97 Å². The molecule has 19 heavy (non-hydrogen) atoms. The first kappa shape index (κ1) is 13.3. The number of imidazole rings is 1. The predicted molar refractivity (Wildman–Crippen MR) is 76.0 cm³/mol. The normalized spacial score (nSPS) is 10.4. The van der Waals surface area contributed by atoms with Crippen LogP contribution in [0.1, 0.15) is 30.9 Å². The van der Waals surface area contributed by atoms with Gasteiger partial charge in [0.2, 0.25) is 11.9 Å². The lowest BCUT2D eigenvalue weighted by molar-refractivity contribution is -0.115. The van der Waals surface area contributed by atoms with Crippen LogP contribution < -0.4 is 5.32 Å². The lowest BCUT2D eigenvalue weighted by Crippen LogP contribution is -2.15. The van der Waals surface area contributed by atoms with Crippen molar-refractivity contribution < 1.29 is 4.79 Å². The quantitative estimate of drug-likeness (QED) is 0.836. The summed E-state index contributed by atoms with van der Waals surface area (Å²) in [5.74, 6) is 0.431. The third kappa shape index (κ3) is 4.25. The molecule has 0 unspecified atom stereocenters. The number of nitrogens with one attached hydrogen (secondary N) is 2. The molecular formula is C15H19N3O. The van der Waals surface area contributed by atoms with Crippen LogP contribution in [0.15, 0.2) is 36.7 Å². The highest BCUT2D eigenvalue weighted by Crippen LogP contribution is 2.09. The van der Waals surface area contributed by atoms with Gasteiger partial charge in [-0.3, -0.25) is 10.1 Å². The van der Waals surface area contributed by atoms with Crippen LogP contribution in [0.2, 0.25) is 0 Å². The monoisotopic (exact) mass is 257 g/mol. The standard InChI is InChI=1S/C15H19N3O/c1-2-3-4-12-5-7-13(8-6-12)11-14(19)18-15-16-9-10-17-15/h5-10H,2-4,11H2,1H3,(H2,16,17,18,19). The minimum atomic E-state index is -0.0590. The van der Waals surface area contributed by atoms with Crippen LogP contribution in [0.25, 0.3) is 0 Å². The summed E-state index contributed by atoms with van der Waals surface area (Å²) >= 11 is 0. The van der Waals surface area contributed by atoms with Crippen LogP contribution >= 0.6 is 0 Å². The molecule has 0 aliphatic rings. The van der Waals surface area contributed by atoms with Gasteiger partial charge in [-0.15, -0.1) is 0 Å². The van der Waals surface area contributed by atoms with Crippen LogP contribution in [0, 0.1) is 0 Å². The number of carbonyl (C=O) groups excluding carboxylic acids is 1. The highest BCUT2D eigenvalue weighted by atomic mass is 16.1. The molecule has 0 spiro atoms. The van der Waals surface area contributed by atoms with Crippen LogP contribution in [0.3, 0.4) is 0 Å². The minimum Gasteiger partial charge on any atom is -0.331 e. The number of nitrogens with zero attached hydrogens (tertiary/aromatic N) is 1. The highest BCUT2D eigenvalue weighted by Gasteiger charge is 2.05. The molecule has 2 rings (SSSR count). The van der Waals surface area contributed by atoms with Crippen molar-refractivity contribution in [2.45, 2.75) is 32.6 Å². The van der Waals surface area contributed by atoms with E-state index in [1.54, 1.807) is 12.4 Å². The van der Waals surface area contributed by atoms with Crippen LogP contribution in [-0.4, -0.2) is 15.9 Å². The van der Waals surface area contributed by atoms with Gasteiger partial charge in [-0.25, -0.2) is 4.98 Å². The molecule has 0 aliphatic carbocycles. The average Bonchev–Trinajstić information content (AvgIpc) is 2.90. The Morgan fingerprint density at radius 1 is 1.26 bits per heavy atom. The Morgan fingerprint density at radius 3 is 2.63 bits per heavy atom. The van der Waals surface area contributed by atoms with E-state index >= 15 is 0 Å². The Kier molecular flexibility index (Phi) is 4.72. The molecule has 0 radical (unpaired) electrons. The molecule has 100 valence electrons. The van der Waals surface area contributed by atoms with E-state index in [0.29, 0.717) is 12.4 Å². The first-order valence-electron chi connectivity index (χ1n) is 6.65. The summed E-state index contributed by atoms with van der Waals surface area (Å²) in [5, 5.41) is 2.71. The summed E-state index contributed by atoms with van der Waals surface area (Å²) < 4.78 is 0. The second-order valence-corrected chi connectivity index (χ2v) is 4.58. The van der Waals surface area contributed by atoms with Crippen molar-refractivity contribution in [3.8, 4) is 0 Å². The summed E-state index contributed by atoms with van der Waals surface area (Å²) in [7, 11) is 0. The van der Waals surface area contributed by atoms with E-state index in [4.69, 9.17) is 0 Å². The van der Waals surface area contributed by atoms with E-state index in [9.17, 15) is 4.79 Å². The zero-order valence-electron chi connectivity index (χ0n) is 11.1. The van der Waals surface area contributed by atoms with Gasteiger partial charge in [-0.05, 0) is 24.0 Å². The molecule has 0 fully saturated rings. The predicted octanol–water partition coefficient (Wildman–Crippen LogP) is 2.93. The minimum absolute atomic E-state index is 0.0590. The Morgan fingerprint density at radius 2 is 2.00 bits per heavy atom. The largest absolute Gasteiger partial charge is 0.331 e. The number of H-pyrrole nitrogens is 1. The number of hydrogen-bond acceptors (Lipinski definition) is 2. The topological polar surface area (TPSA) is 57.8 Å². The van der Waals surface area contributed by atoms with Crippen molar-refractivity contribution in [2.24, 2.45) is 0 Å². The van der Waals surface area contributed by atoms with E-state index < -0.39 is 0 Å². The number of carbonyl (C=O) groups is 1. The number of amides is 1. The fourth-order valence-corrected chi connectivity index (χ4v) is 1.90. The number of unbranched alkanes of at least 4 members (excludes halogenated alkanes) is 1. The van der Waals surface area contributed by atoms with E-state index in [1.807, 2.05) is 12.1 Å². The zero-order chi connectivity index (χ0) is 13.5. The number of aryl methyl sites for hydroxylation is 1. The first-order valence-corrected chi connectivity index (χ1v) is 6.65. The number of rotatable bonds is 6. The molecule has 4 nitrogen and oxygen atoms in total. The molecule has 4 heteroatoms. The van der Waals surface area contributed by atoms with E-state index in [-0.39, 0.29) is 5.91 Å². The average molecular weight is 257 g/mol. The summed E-state index contributed by atoms with van der Waals surface area (Å²) in [6.07, 6.45) is 7.17. The number of hydrogen-bond donors (Lipinski definition) is 2. The van der Waals surface area contributed by atoms with Gasteiger partial charge in [0.25, 0.3) is 0 Å². The fraction of sp³-hybridized carbons (Fsp3) is 0.333. The molecule has 1 aromatic carbocycles. The van der Waals surface area contributed by atoms with Gasteiger partial charge in [0.15, 0.2) is 0 Å². The number of anilines is 1. The van der Waals surface area contributed by atoms with E-state index in [1.165, 1.54) is 18.4 Å². The molecule has 0 aliphatic heterocycles. The fourth-order valence-electron chi connectivity index (χ4n) is 1.90. The van der Waals surface area contributed by atoms with Crippen molar-refractivity contribution in [3.05, 3.63) is 47.8 Å². The van der Waals surface area contributed by atoms with Crippen LogP contribution in [-0.2, 0) is 17.6 Å². The smallest absolute Gasteiger partial charge is 0.231 e. The van der Waals surface area contributed by atoms with Gasteiger partial charge in [-0.1, -0.05) is 37.6 Å². The van der Waals surface area contributed by atoms with Gasteiger partial charge >= 0.3 is 0 Å². The molecule has 2 aromatic rings. The van der Waals surface area contributed by atoms with Gasteiger partial charge in [0, 0.05) is 12.4 Å². The second kappa shape index (κ2) is 6.73. The molecule has 0 saturated heterocycles. The summed E-state index contributed by atoms with van der Waals surface area (Å²) in [6, 6.07) is 8.25. The van der Waals surface area contributed by atoms with Crippen molar-refractivity contribution in [1.29, 1.82) is 0 Å². The van der Waals surface area contributed by atoms with E-state index in [0.717, 1.165) is 12.0 Å². The van der Waals surface area contributed by atoms with Gasteiger partial charge in [0.05, 0.1) is 6.42 Å². The van der Waals surface area contributed by atoms with Crippen molar-refractivity contribution >= 4 is 11.9 Å². The summed E-state index contributed by atoms with van der Waals surface area (Å²) in [6.45, 7) is 2.19. The lowest BCUT2D eigenvalue weighted by atomic mass is 10.0. The molecule has 0 atom stereocenters. The van der Waals surface area contributed by atoms with Crippen molar-refractivity contribution in [2.75, 3.05) is 5.32 Å². The summed E-state index contributed by atoms with van der Waals surface area (Å²) in [5.41, 5.74) is 2.35. The molecule has 1 heterocycles. The third-order valence-corrected chi connectivity index (χ3v) is 2.96. The highest BCUT2D eigenvalue weighted by molar-refractivity contribution is 5.90. The second-order valence-electron chi connectivity index (χ2n) is 4.58. The molecule has 0 saturated carbocycles. The van der Waals surface area contributed by atoms with Crippen LogP contribution in [0.4, 0.5) is 5.95 Å². The number of aromatic amines is 1. The SMILES string of the molecule is CCCCc1ccc(CC(=O)Nc2ncc[nH]2)cc1. The number of benzene rings is 1. The molecule has 0 bridgehead atoms. The van der Waals surface area contributed by atoms with Crippen molar-refractivity contribution in [3.63, 3.8) is 0 Å². The van der Waals surface area contributed by atoms with Crippen LogP contribution in [0.5, 0.6) is 0 Å². The lowest BCUT2D eigenvalue weighted by Gasteiger charge is -2.04. The van der Waals surface area contributed by atoms with Gasteiger partial charge in [0.1, 0.15) is 0 Å². The Balaban J connectivity index is 1.86. The van der Waals surface area contributed by atoms with Gasteiger partial charge < -0.3 is 4.98 Å². The molecule has 2 N–H and O–H groups in total. The molecule has 1 aromatic heterocycles. The molecule has 1 amide bonds. The summed E-state index contributed by atoms with van der Waals surface area (Å²) in [4.78, 5) is 18.6. The maximum atomic E-state index is 11.8. The first-order chi connectivity index (χ1) is 9.28. The van der Waals surface area contributed by atoms with Gasteiger partial charge in [-0.2, -0.15) is 0 Å². The zero-order valence-corrected chi connectivity index (χ0v) is 11.1. The molecular weight excluding hydrogens is 238 g/mol. The Labute approximate surface area is 113 Å². The van der Waals surface area contributed by atoms with E-state index in [2.05, 4.69) is 34.3 Å². The number of aromatic nitrogens is 2. The Bertz CT molecular complexity index is 503. The maximum Gasteiger partial charge on any atom is 0.231 e.